The minimum absolute atomic E-state index is 0.144. The van der Waals surface area contributed by atoms with Crippen molar-refractivity contribution in [3.05, 3.63) is 27.0 Å². The van der Waals surface area contributed by atoms with Crippen molar-refractivity contribution in [2.75, 3.05) is 0 Å². The summed E-state index contributed by atoms with van der Waals surface area (Å²) in [4.78, 5) is 4.76. The Hall–Kier alpha value is -0.330. The molecular weight excluding hydrogens is 292 g/mol. The number of thiophene rings is 1. The molecule has 74 valence electrons. The molecule has 0 spiro atoms. The summed E-state index contributed by atoms with van der Waals surface area (Å²) in [5.41, 5.74) is -0.144. The lowest BCUT2D eigenvalue weighted by Crippen LogP contribution is -1.82. The lowest BCUT2D eigenvalue weighted by atomic mass is 10.5. The second-order valence-corrected chi connectivity index (χ2v) is 5.80. The second kappa shape index (κ2) is 4.04. The van der Waals surface area contributed by atoms with E-state index in [-0.39, 0.29) is 5.69 Å². The van der Waals surface area contributed by atoms with Crippen molar-refractivity contribution in [3.8, 4) is 9.88 Å². The second-order valence-electron chi connectivity index (χ2n) is 2.48. The van der Waals surface area contributed by atoms with E-state index in [1.54, 1.807) is 0 Å². The predicted octanol–water partition coefficient (Wildman–Crippen LogP) is 4.57. The van der Waals surface area contributed by atoms with Gasteiger partial charge in [-0.1, -0.05) is 0 Å². The van der Waals surface area contributed by atoms with Gasteiger partial charge < -0.3 is 0 Å². The molecule has 0 N–H and O–H groups in total. The molecule has 2 rings (SSSR count). The van der Waals surface area contributed by atoms with Crippen molar-refractivity contribution in [2.24, 2.45) is 0 Å². The van der Waals surface area contributed by atoms with E-state index in [1.165, 1.54) is 28.1 Å². The van der Waals surface area contributed by atoms with E-state index >= 15 is 0 Å². The summed E-state index contributed by atoms with van der Waals surface area (Å²) in [5.74, 6) is 0. The fourth-order valence-electron chi connectivity index (χ4n) is 0.929. The summed E-state index contributed by atoms with van der Waals surface area (Å²) < 4.78 is 25.5. The van der Waals surface area contributed by atoms with Crippen LogP contribution in [0, 0.1) is 0 Å². The highest BCUT2D eigenvalue weighted by atomic mass is 79.9. The molecule has 0 aromatic carbocycles. The molecule has 1 nitrogen and oxygen atoms in total. The molecule has 0 aliphatic rings. The molecule has 0 amide bonds. The molecule has 0 fully saturated rings. The standard InChI is InChI=1S/C8H4BrF2NS2/c9-6-2-1-5(14-6)8-12-4(3-13-8)7(10)11/h1-3,7H. The van der Waals surface area contributed by atoms with Crippen LogP contribution in [0.25, 0.3) is 9.88 Å². The van der Waals surface area contributed by atoms with Gasteiger partial charge >= 0.3 is 0 Å². The van der Waals surface area contributed by atoms with Crippen molar-refractivity contribution < 1.29 is 8.78 Å². The molecule has 2 aromatic rings. The van der Waals surface area contributed by atoms with E-state index in [0.717, 1.165) is 8.66 Å². The third-order valence-corrected chi connectivity index (χ3v) is 4.18. The molecule has 2 heterocycles. The van der Waals surface area contributed by atoms with E-state index in [0.29, 0.717) is 5.01 Å². The average Bonchev–Trinajstić information content (AvgIpc) is 2.70. The lowest BCUT2D eigenvalue weighted by molar-refractivity contribution is 0.147. The SMILES string of the molecule is FC(F)c1csc(-c2ccc(Br)s2)n1. The monoisotopic (exact) mass is 295 g/mol. The van der Waals surface area contributed by atoms with Crippen LogP contribution < -0.4 is 0 Å². The number of alkyl halides is 2. The number of thiazole rings is 1. The zero-order chi connectivity index (χ0) is 10.1. The Kier molecular flexibility index (Phi) is 2.94. The molecule has 0 saturated heterocycles. The molecule has 14 heavy (non-hydrogen) atoms. The minimum Gasteiger partial charge on any atom is -0.234 e. The molecule has 0 aliphatic heterocycles. The van der Waals surface area contributed by atoms with Gasteiger partial charge in [0.1, 0.15) is 10.7 Å². The van der Waals surface area contributed by atoms with Gasteiger partial charge in [-0.05, 0) is 28.1 Å². The molecule has 0 unspecified atom stereocenters. The van der Waals surface area contributed by atoms with Gasteiger partial charge in [0.2, 0.25) is 0 Å². The first-order chi connectivity index (χ1) is 6.66. The molecule has 0 bridgehead atoms. The number of nitrogens with zero attached hydrogens (tertiary/aromatic N) is 1. The van der Waals surface area contributed by atoms with Gasteiger partial charge in [0.05, 0.1) is 8.66 Å². The summed E-state index contributed by atoms with van der Waals surface area (Å²) in [6.07, 6.45) is -2.48. The van der Waals surface area contributed by atoms with Gasteiger partial charge in [-0.3, -0.25) is 0 Å². The Morgan fingerprint density at radius 1 is 1.36 bits per heavy atom. The van der Waals surface area contributed by atoms with Crippen LogP contribution in [-0.4, -0.2) is 4.98 Å². The number of aromatic nitrogens is 1. The van der Waals surface area contributed by atoms with E-state index in [1.807, 2.05) is 12.1 Å². The molecule has 0 saturated carbocycles. The van der Waals surface area contributed by atoms with Crippen LogP contribution in [0.15, 0.2) is 21.3 Å². The first-order valence-electron chi connectivity index (χ1n) is 3.66. The zero-order valence-electron chi connectivity index (χ0n) is 6.71. The maximum Gasteiger partial charge on any atom is 0.281 e. The van der Waals surface area contributed by atoms with Crippen LogP contribution >= 0.6 is 38.6 Å². The highest BCUT2D eigenvalue weighted by molar-refractivity contribution is 9.11. The van der Waals surface area contributed by atoms with E-state index in [2.05, 4.69) is 20.9 Å². The Bertz CT molecular complexity index is 438. The summed E-state index contributed by atoms with van der Waals surface area (Å²) >= 11 is 6.04. The fraction of sp³-hybridized carbons (Fsp3) is 0.125. The van der Waals surface area contributed by atoms with Crippen LogP contribution in [0.1, 0.15) is 12.1 Å². The first kappa shape index (κ1) is 10.2. The van der Waals surface area contributed by atoms with Crippen molar-refractivity contribution in [1.82, 2.24) is 4.98 Å². The van der Waals surface area contributed by atoms with Gasteiger partial charge in [-0.15, -0.1) is 22.7 Å². The van der Waals surface area contributed by atoms with Crippen LogP contribution in [0.5, 0.6) is 0 Å². The highest BCUT2D eigenvalue weighted by Gasteiger charge is 2.13. The molecule has 0 atom stereocenters. The van der Waals surface area contributed by atoms with Crippen LogP contribution in [0.2, 0.25) is 0 Å². The van der Waals surface area contributed by atoms with Crippen molar-refractivity contribution in [2.45, 2.75) is 6.43 Å². The number of rotatable bonds is 2. The quantitative estimate of drug-likeness (QED) is 0.791. The minimum atomic E-state index is -2.48. The summed E-state index contributed by atoms with van der Waals surface area (Å²) in [6.45, 7) is 0. The van der Waals surface area contributed by atoms with Crippen molar-refractivity contribution in [3.63, 3.8) is 0 Å². The van der Waals surface area contributed by atoms with Crippen LogP contribution in [0.4, 0.5) is 8.78 Å². The normalized spacial score (nSPS) is 11.1. The topological polar surface area (TPSA) is 12.9 Å². The smallest absolute Gasteiger partial charge is 0.234 e. The Morgan fingerprint density at radius 3 is 2.64 bits per heavy atom. The van der Waals surface area contributed by atoms with E-state index in [4.69, 9.17) is 0 Å². The Labute approximate surface area is 95.6 Å². The summed E-state index contributed by atoms with van der Waals surface area (Å²) in [7, 11) is 0. The zero-order valence-corrected chi connectivity index (χ0v) is 9.93. The van der Waals surface area contributed by atoms with Gasteiger partial charge in [0, 0.05) is 5.38 Å². The molecule has 0 radical (unpaired) electrons. The first-order valence-corrected chi connectivity index (χ1v) is 6.15. The molecule has 0 aliphatic carbocycles. The third-order valence-electron chi connectivity index (χ3n) is 1.53. The Morgan fingerprint density at radius 2 is 2.14 bits per heavy atom. The number of hydrogen-bond donors (Lipinski definition) is 0. The van der Waals surface area contributed by atoms with Gasteiger partial charge in [0.15, 0.2) is 0 Å². The Balaban J connectivity index is 2.33. The van der Waals surface area contributed by atoms with E-state index < -0.39 is 6.43 Å². The maximum atomic E-state index is 12.2. The third kappa shape index (κ3) is 2.02. The molecule has 2 aromatic heterocycles. The number of halogens is 3. The van der Waals surface area contributed by atoms with Crippen LogP contribution in [0.3, 0.4) is 0 Å². The predicted molar refractivity (Wildman–Crippen MR) is 58.1 cm³/mol. The largest absolute Gasteiger partial charge is 0.281 e. The van der Waals surface area contributed by atoms with Gasteiger partial charge in [0.25, 0.3) is 6.43 Å². The summed E-state index contributed by atoms with van der Waals surface area (Å²) in [5, 5.41) is 2.05. The van der Waals surface area contributed by atoms with Gasteiger partial charge in [-0.2, -0.15) is 0 Å². The maximum absolute atomic E-state index is 12.2. The molecular formula is C8H4BrF2NS2. The lowest BCUT2D eigenvalue weighted by Gasteiger charge is -1.89. The van der Waals surface area contributed by atoms with Gasteiger partial charge in [-0.25, -0.2) is 13.8 Å². The number of hydrogen-bond acceptors (Lipinski definition) is 3. The summed E-state index contributed by atoms with van der Waals surface area (Å²) in [6, 6.07) is 3.74. The molecule has 6 heteroatoms. The highest BCUT2D eigenvalue weighted by Crippen LogP contribution is 2.34. The van der Waals surface area contributed by atoms with Crippen molar-refractivity contribution in [1.29, 1.82) is 0 Å². The van der Waals surface area contributed by atoms with E-state index in [9.17, 15) is 8.78 Å². The van der Waals surface area contributed by atoms with Crippen molar-refractivity contribution >= 4 is 38.6 Å². The fourth-order valence-corrected chi connectivity index (χ4v) is 3.20. The van der Waals surface area contributed by atoms with Crippen LogP contribution in [-0.2, 0) is 0 Å². The average molecular weight is 296 g/mol.